The maximum absolute atomic E-state index is 12.6. The molecule has 0 aromatic carbocycles. The molecule has 7 heteroatoms. The highest BCUT2D eigenvalue weighted by atomic mass is 16.6. The van der Waals surface area contributed by atoms with Crippen molar-refractivity contribution in [1.82, 2.24) is 14.8 Å². The van der Waals surface area contributed by atoms with Crippen molar-refractivity contribution >= 4 is 12.0 Å². The zero-order valence-corrected chi connectivity index (χ0v) is 15.9. The molecular formula is C19H27N3O4. The lowest BCUT2D eigenvalue weighted by molar-refractivity contribution is -0.168. The van der Waals surface area contributed by atoms with Gasteiger partial charge in [-0.05, 0) is 39.3 Å². The SMILES string of the molecule is CCc1ccc(C(=O)N2CC3(CN(C(=O)OC(C)(C)C)CCO3)C2)cn1. The molecule has 1 spiro atoms. The van der Waals surface area contributed by atoms with Gasteiger partial charge in [0.2, 0.25) is 0 Å². The van der Waals surface area contributed by atoms with Crippen LogP contribution in [0.15, 0.2) is 18.3 Å². The molecule has 2 fully saturated rings. The van der Waals surface area contributed by atoms with Gasteiger partial charge in [0.25, 0.3) is 5.91 Å². The monoisotopic (exact) mass is 361 g/mol. The van der Waals surface area contributed by atoms with E-state index in [-0.39, 0.29) is 12.0 Å². The summed E-state index contributed by atoms with van der Waals surface area (Å²) in [5.74, 6) is -0.0521. The smallest absolute Gasteiger partial charge is 0.410 e. The van der Waals surface area contributed by atoms with Gasteiger partial charge in [-0.3, -0.25) is 9.78 Å². The molecular weight excluding hydrogens is 334 g/mol. The summed E-state index contributed by atoms with van der Waals surface area (Å²) in [4.78, 5) is 32.6. The summed E-state index contributed by atoms with van der Waals surface area (Å²) >= 11 is 0. The van der Waals surface area contributed by atoms with E-state index < -0.39 is 11.2 Å². The predicted molar refractivity (Wildman–Crippen MR) is 96.0 cm³/mol. The Kier molecular flexibility index (Phi) is 4.92. The second-order valence-corrected chi connectivity index (χ2v) is 7.99. The summed E-state index contributed by atoms with van der Waals surface area (Å²) in [7, 11) is 0. The van der Waals surface area contributed by atoms with Crippen LogP contribution < -0.4 is 0 Å². The fourth-order valence-electron chi connectivity index (χ4n) is 3.25. The van der Waals surface area contributed by atoms with Crippen LogP contribution in [0.4, 0.5) is 4.79 Å². The van der Waals surface area contributed by atoms with E-state index in [0.717, 1.165) is 12.1 Å². The molecule has 2 amide bonds. The minimum Gasteiger partial charge on any atom is -0.444 e. The first kappa shape index (κ1) is 18.6. The molecule has 1 aromatic rings. The third kappa shape index (κ3) is 3.98. The molecule has 2 saturated heterocycles. The van der Waals surface area contributed by atoms with Crippen LogP contribution in [-0.4, -0.2) is 70.8 Å². The first-order valence-corrected chi connectivity index (χ1v) is 9.07. The average Bonchev–Trinajstić information content (AvgIpc) is 2.57. The van der Waals surface area contributed by atoms with Gasteiger partial charge in [-0.1, -0.05) is 6.92 Å². The van der Waals surface area contributed by atoms with Crippen molar-refractivity contribution in [1.29, 1.82) is 0 Å². The summed E-state index contributed by atoms with van der Waals surface area (Å²) in [6, 6.07) is 3.69. The molecule has 0 saturated carbocycles. The van der Waals surface area contributed by atoms with Crippen LogP contribution in [0.25, 0.3) is 0 Å². The van der Waals surface area contributed by atoms with Gasteiger partial charge in [-0.25, -0.2) is 4.79 Å². The minimum absolute atomic E-state index is 0.0521. The van der Waals surface area contributed by atoms with E-state index in [4.69, 9.17) is 9.47 Å². The van der Waals surface area contributed by atoms with Crippen LogP contribution >= 0.6 is 0 Å². The molecule has 3 rings (SSSR count). The van der Waals surface area contributed by atoms with Crippen LogP contribution in [0.3, 0.4) is 0 Å². The molecule has 142 valence electrons. The number of morpholine rings is 1. The van der Waals surface area contributed by atoms with E-state index >= 15 is 0 Å². The number of carbonyl (C=O) groups is 2. The molecule has 1 aromatic heterocycles. The van der Waals surface area contributed by atoms with E-state index in [9.17, 15) is 9.59 Å². The number of likely N-dealkylation sites (tertiary alicyclic amines) is 1. The van der Waals surface area contributed by atoms with E-state index in [1.165, 1.54) is 0 Å². The number of aryl methyl sites for hydroxylation is 1. The number of aromatic nitrogens is 1. The number of nitrogens with zero attached hydrogens (tertiary/aromatic N) is 3. The van der Waals surface area contributed by atoms with Crippen LogP contribution in [-0.2, 0) is 15.9 Å². The molecule has 3 heterocycles. The highest BCUT2D eigenvalue weighted by molar-refractivity contribution is 5.94. The molecule has 7 nitrogen and oxygen atoms in total. The number of amides is 2. The van der Waals surface area contributed by atoms with Crippen LogP contribution in [0.1, 0.15) is 43.7 Å². The third-order valence-electron chi connectivity index (χ3n) is 4.58. The maximum atomic E-state index is 12.6. The maximum Gasteiger partial charge on any atom is 0.410 e. The molecule has 0 N–H and O–H groups in total. The van der Waals surface area contributed by atoms with Crippen molar-refractivity contribution in [2.45, 2.75) is 45.3 Å². The Hall–Kier alpha value is -2.15. The quantitative estimate of drug-likeness (QED) is 0.807. The summed E-state index contributed by atoms with van der Waals surface area (Å²) in [6.07, 6.45) is 2.14. The van der Waals surface area contributed by atoms with Gasteiger partial charge in [-0.2, -0.15) is 0 Å². The number of hydrogen-bond acceptors (Lipinski definition) is 5. The van der Waals surface area contributed by atoms with E-state index in [2.05, 4.69) is 4.98 Å². The Morgan fingerprint density at radius 3 is 2.50 bits per heavy atom. The fraction of sp³-hybridized carbons (Fsp3) is 0.632. The van der Waals surface area contributed by atoms with Crippen LogP contribution in [0.2, 0.25) is 0 Å². The van der Waals surface area contributed by atoms with E-state index in [1.54, 1.807) is 16.0 Å². The summed E-state index contributed by atoms with van der Waals surface area (Å²) in [5, 5.41) is 0. The highest BCUT2D eigenvalue weighted by Gasteiger charge is 2.50. The summed E-state index contributed by atoms with van der Waals surface area (Å²) in [6.45, 7) is 9.93. The standard InChI is InChI=1S/C19H27N3O4/c1-5-15-7-6-14(10-20-15)16(23)22-12-19(13-22)11-21(8-9-25-19)17(24)26-18(2,3)4/h6-7,10H,5,8-9,11-13H2,1-4H3. The van der Waals surface area contributed by atoms with Crippen molar-refractivity contribution in [3.05, 3.63) is 29.6 Å². The Balaban J connectivity index is 1.58. The van der Waals surface area contributed by atoms with Crippen molar-refractivity contribution in [2.75, 3.05) is 32.8 Å². The topological polar surface area (TPSA) is 72.0 Å². The Bertz CT molecular complexity index is 675. The molecule has 0 bridgehead atoms. The number of pyridine rings is 1. The van der Waals surface area contributed by atoms with Gasteiger partial charge in [-0.15, -0.1) is 0 Å². The number of rotatable bonds is 2. The van der Waals surface area contributed by atoms with Gasteiger partial charge in [0, 0.05) is 18.4 Å². The van der Waals surface area contributed by atoms with Crippen molar-refractivity contribution < 1.29 is 19.1 Å². The van der Waals surface area contributed by atoms with Gasteiger partial charge in [0.15, 0.2) is 0 Å². The zero-order chi connectivity index (χ0) is 18.9. The highest BCUT2D eigenvalue weighted by Crippen LogP contribution is 2.31. The number of ether oxygens (including phenoxy) is 2. The molecule has 0 unspecified atom stereocenters. The van der Waals surface area contributed by atoms with Crippen LogP contribution in [0.5, 0.6) is 0 Å². The molecule has 0 radical (unpaired) electrons. The van der Waals surface area contributed by atoms with Crippen molar-refractivity contribution in [2.24, 2.45) is 0 Å². The van der Waals surface area contributed by atoms with Gasteiger partial charge in [0.05, 0.1) is 31.8 Å². The second-order valence-electron chi connectivity index (χ2n) is 7.99. The molecule has 2 aliphatic heterocycles. The molecule has 26 heavy (non-hydrogen) atoms. The lowest BCUT2D eigenvalue weighted by Crippen LogP contribution is -2.71. The first-order valence-electron chi connectivity index (χ1n) is 9.07. The average molecular weight is 361 g/mol. The van der Waals surface area contributed by atoms with E-state index in [0.29, 0.717) is 38.3 Å². The van der Waals surface area contributed by atoms with Crippen LogP contribution in [0, 0.1) is 0 Å². The van der Waals surface area contributed by atoms with Gasteiger partial charge < -0.3 is 19.3 Å². The van der Waals surface area contributed by atoms with Gasteiger partial charge in [0.1, 0.15) is 11.2 Å². The lowest BCUT2D eigenvalue weighted by Gasteiger charge is -2.53. The first-order chi connectivity index (χ1) is 12.2. The van der Waals surface area contributed by atoms with E-state index in [1.807, 2.05) is 39.8 Å². The molecule has 0 aliphatic carbocycles. The second kappa shape index (κ2) is 6.87. The molecule has 0 atom stereocenters. The molecule has 2 aliphatic rings. The summed E-state index contributed by atoms with van der Waals surface area (Å²) in [5.41, 5.74) is 0.533. The largest absolute Gasteiger partial charge is 0.444 e. The fourth-order valence-corrected chi connectivity index (χ4v) is 3.25. The van der Waals surface area contributed by atoms with Crippen molar-refractivity contribution in [3.8, 4) is 0 Å². The minimum atomic E-state index is -0.526. The summed E-state index contributed by atoms with van der Waals surface area (Å²) < 4.78 is 11.4. The lowest BCUT2D eigenvalue weighted by atomic mass is 9.91. The van der Waals surface area contributed by atoms with Gasteiger partial charge >= 0.3 is 6.09 Å². The Morgan fingerprint density at radius 2 is 1.92 bits per heavy atom. The third-order valence-corrected chi connectivity index (χ3v) is 4.58. The predicted octanol–water partition coefficient (Wildman–Crippen LogP) is 2.11. The zero-order valence-electron chi connectivity index (χ0n) is 15.9. The van der Waals surface area contributed by atoms with Crippen molar-refractivity contribution in [3.63, 3.8) is 0 Å². The number of hydrogen-bond donors (Lipinski definition) is 0. The normalized spacial score (nSPS) is 19.2. The Labute approximate surface area is 154 Å². The Morgan fingerprint density at radius 1 is 1.23 bits per heavy atom. The number of carbonyl (C=O) groups excluding carboxylic acids is 2.